The summed E-state index contributed by atoms with van der Waals surface area (Å²) in [5.74, 6) is 3.94. The second-order valence-corrected chi connectivity index (χ2v) is 8.61. The summed E-state index contributed by atoms with van der Waals surface area (Å²) in [7, 11) is 8.02. The Balaban J connectivity index is 1.63. The van der Waals surface area contributed by atoms with Gasteiger partial charge in [0, 0.05) is 6.54 Å². The predicted octanol–water partition coefficient (Wildman–Crippen LogP) is 4.48. The lowest BCUT2D eigenvalue weighted by Crippen LogP contribution is -2.43. The van der Waals surface area contributed by atoms with E-state index in [1.807, 2.05) is 59.5 Å². The SMILES string of the molecule is COc1ccc(OC[C@@H]2c3cc(OC)c(OC)cc3CCN2C(=O)Cc2ccc(OC)c(OC)c2)cc1. The highest BCUT2D eigenvalue weighted by molar-refractivity contribution is 5.80. The van der Waals surface area contributed by atoms with Crippen LogP contribution in [0.3, 0.4) is 0 Å². The number of ether oxygens (including phenoxy) is 6. The molecule has 37 heavy (non-hydrogen) atoms. The van der Waals surface area contributed by atoms with Crippen LogP contribution in [0.5, 0.6) is 34.5 Å². The number of carbonyl (C=O) groups is 1. The van der Waals surface area contributed by atoms with Crippen molar-refractivity contribution in [1.82, 2.24) is 4.90 Å². The van der Waals surface area contributed by atoms with E-state index in [0.29, 0.717) is 41.7 Å². The van der Waals surface area contributed by atoms with Gasteiger partial charge in [-0.25, -0.2) is 0 Å². The average molecular weight is 508 g/mol. The molecule has 0 aliphatic carbocycles. The summed E-state index contributed by atoms with van der Waals surface area (Å²) in [5.41, 5.74) is 2.94. The van der Waals surface area contributed by atoms with Crippen molar-refractivity contribution in [2.75, 3.05) is 48.7 Å². The monoisotopic (exact) mass is 507 g/mol. The van der Waals surface area contributed by atoms with E-state index in [1.54, 1.807) is 35.5 Å². The molecule has 1 atom stereocenters. The Morgan fingerprint density at radius 3 is 2.03 bits per heavy atom. The highest BCUT2D eigenvalue weighted by Gasteiger charge is 2.33. The quantitative estimate of drug-likeness (QED) is 0.401. The summed E-state index contributed by atoms with van der Waals surface area (Å²) in [6.07, 6.45) is 0.925. The molecule has 0 spiro atoms. The molecule has 0 bridgehead atoms. The summed E-state index contributed by atoms with van der Waals surface area (Å²) in [4.78, 5) is 15.5. The molecule has 0 saturated carbocycles. The van der Waals surface area contributed by atoms with Gasteiger partial charge in [-0.3, -0.25) is 4.79 Å². The van der Waals surface area contributed by atoms with Gasteiger partial charge in [0.05, 0.1) is 48.0 Å². The molecule has 0 aromatic heterocycles. The van der Waals surface area contributed by atoms with E-state index >= 15 is 0 Å². The molecule has 1 aliphatic heterocycles. The Labute approximate surface area is 217 Å². The fraction of sp³-hybridized carbons (Fsp3) is 0.345. The molecule has 3 aromatic carbocycles. The van der Waals surface area contributed by atoms with E-state index in [9.17, 15) is 4.79 Å². The molecule has 8 heteroatoms. The van der Waals surface area contributed by atoms with Crippen LogP contribution in [-0.4, -0.2) is 59.5 Å². The van der Waals surface area contributed by atoms with Crippen LogP contribution in [0, 0.1) is 0 Å². The Bertz CT molecular complexity index is 1230. The standard InChI is InChI=1S/C29H33NO7/c1-32-21-7-9-22(10-8-21)37-18-24-23-17-28(36-5)27(35-4)16-20(23)12-13-30(24)29(31)15-19-6-11-25(33-2)26(14-19)34-3/h6-11,14,16-17,24H,12-13,15,18H2,1-5H3/t24-/m1/s1. The molecule has 4 rings (SSSR count). The minimum atomic E-state index is -0.307. The van der Waals surface area contributed by atoms with Crippen LogP contribution in [-0.2, 0) is 17.6 Å². The second-order valence-electron chi connectivity index (χ2n) is 8.61. The van der Waals surface area contributed by atoms with Crippen molar-refractivity contribution < 1.29 is 33.2 Å². The average Bonchev–Trinajstić information content (AvgIpc) is 2.94. The largest absolute Gasteiger partial charge is 0.497 e. The van der Waals surface area contributed by atoms with Crippen LogP contribution in [0.2, 0.25) is 0 Å². The van der Waals surface area contributed by atoms with Crippen LogP contribution < -0.4 is 28.4 Å². The molecule has 0 N–H and O–H groups in total. The van der Waals surface area contributed by atoms with E-state index < -0.39 is 0 Å². The predicted molar refractivity (Wildman–Crippen MR) is 139 cm³/mol. The molecule has 0 saturated heterocycles. The molecule has 0 unspecified atom stereocenters. The van der Waals surface area contributed by atoms with Gasteiger partial charge < -0.3 is 33.3 Å². The van der Waals surface area contributed by atoms with Crippen LogP contribution in [0.25, 0.3) is 0 Å². The third-order valence-electron chi connectivity index (χ3n) is 6.59. The summed E-state index contributed by atoms with van der Waals surface area (Å²) in [5, 5.41) is 0. The second kappa shape index (κ2) is 11.8. The molecular formula is C29H33NO7. The molecule has 196 valence electrons. The molecule has 0 radical (unpaired) electrons. The number of methoxy groups -OCH3 is 5. The minimum Gasteiger partial charge on any atom is -0.497 e. The van der Waals surface area contributed by atoms with E-state index in [2.05, 4.69) is 0 Å². The van der Waals surface area contributed by atoms with Gasteiger partial charge in [-0.05, 0) is 71.6 Å². The third-order valence-corrected chi connectivity index (χ3v) is 6.59. The number of fused-ring (bicyclic) bond motifs is 1. The number of carbonyl (C=O) groups excluding carboxylic acids is 1. The van der Waals surface area contributed by atoms with Gasteiger partial charge in [0.15, 0.2) is 23.0 Å². The van der Waals surface area contributed by atoms with Crippen molar-refractivity contribution in [3.63, 3.8) is 0 Å². The van der Waals surface area contributed by atoms with Gasteiger partial charge >= 0.3 is 0 Å². The zero-order valence-electron chi connectivity index (χ0n) is 21.9. The van der Waals surface area contributed by atoms with Crippen LogP contribution in [0.1, 0.15) is 22.7 Å². The topological polar surface area (TPSA) is 75.7 Å². The van der Waals surface area contributed by atoms with E-state index in [0.717, 1.165) is 22.4 Å². The summed E-state index contributed by atoms with van der Waals surface area (Å²) >= 11 is 0. The number of rotatable bonds is 10. The molecule has 0 fully saturated rings. The Kier molecular flexibility index (Phi) is 8.28. The van der Waals surface area contributed by atoms with Crippen molar-refractivity contribution in [3.05, 3.63) is 71.3 Å². The first-order chi connectivity index (χ1) is 18.0. The van der Waals surface area contributed by atoms with Crippen LogP contribution >= 0.6 is 0 Å². The third kappa shape index (κ3) is 5.69. The summed E-state index contributed by atoms with van der Waals surface area (Å²) in [6, 6.07) is 16.6. The fourth-order valence-corrected chi connectivity index (χ4v) is 4.62. The van der Waals surface area contributed by atoms with Gasteiger partial charge in [0.25, 0.3) is 0 Å². The van der Waals surface area contributed by atoms with E-state index in [1.165, 1.54) is 0 Å². The molecule has 3 aromatic rings. The maximum atomic E-state index is 13.6. The Hall–Kier alpha value is -4.07. The van der Waals surface area contributed by atoms with Crippen molar-refractivity contribution in [1.29, 1.82) is 0 Å². The number of amides is 1. The van der Waals surface area contributed by atoms with Crippen LogP contribution in [0.4, 0.5) is 0 Å². The molecule has 1 amide bonds. The highest BCUT2D eigenvalue weighted by atomic mass is 16.5. The Morgan fingerprint density at radius 1 is 0.757 bits per heavy atom. The summed E-state index contributed by atoms with van der Waals surface area (Å²) in [6.45, 7) is 0.845. The van der Waals surface area contributed by atoms with Gasteiger partial charge in [-0.15, -0.1) is 0 Å². The van der Waals surface area contributed by atoms with E-state index in [-0.39, 0.29) is 25.0 Å². The first kappa shape index (κ1) is 26.0. The highest BCUT2D eigenvalue weighted by Crippen LogP contribution is 2.39. The fourth-order valence-electron chi connectivity index (χ4n) is 4.62. The maximum absolute atomic E-state index is 13.6. The van der Waals surface area contributed by atoms with E-state index in [4.69, 9.17) is 28.4 Å². The lowest BCUT2D eigenvalue weighted by atomic mass is 9.91. The number of benzene rings is 3. The lowest BCUT2D eigenvalue weighted by Gasteiger charge is -2.37. The van der Waals surface area contributed by atoms with Gasteiger partial charge in [0.2, 0.25) is 5.91 Å². The minimum absolute atomic E-state index is 0.00372. The van der Waals surface area contributed by atoms with Crippen molar-refractivity contribution >= 4 is 5.91 Å². The van der Waals surface area contributed by atoms with Gasteiger partial charge in [-0.2, -0.15) is 0 Å². The summed E-state index contributed by atoms with van der Waals surface area (Å²) < 4.78 is 33.2. The Morgan fingerprint density at radius 2 is 1.38 bits per heavy atom. The zero-order chi connectivity index (χ0) is 26.4. The first-order valence-corrected chi connectivity index (χ1v) is 12.0. The number of hydrogen-bond donors (Lipinski definition) is 0. The molecule has 1 aliphatic rings. The number of hydrogen-bond acceptors (Lipinski definition) is 7. The van der Waals surface area contributed by atoms with Crippen molar-refractivity contribution in [2.45, 2.75) is 18.9 Å². The smallest absolute Gasteiger partial charge is 0.227 e. The van der Waals surface area contributed by atoms with Crippen molar-refractivity contribution in [2.24, 2.45) is 0 Å². The first-order valence-electron chi connectivity index (χ1n) is 12.0. The zero-order valence-corrected chi connectivity index (χ0v) is 21.9. The molecule has 1 heterocycles. The number of nitrogens with zero attached hydrogens (tertiary/aromatic N) is 1. The molecular weight excluding hydrogens is 474 g/mol. The normalized spacial score (nSPS) is 14.4. The molecule has 8 nitrogen and oxygen atoms in total. The van der Waals surface area contributed by atoms with Gasteiger partial charge in [0.1, 0.15) is 18.1 Å². The van der Waals surface area contributed by atoms with Gasteiger partial charge in [-0.1, -0.05) is 6.07 Å². The van der Waals surface area contributed by atoms with Crippen molar-refractivity contribution in [3.8, 4) is 34.5 Å². The van der Waals surface area contributed by atoms with Crippen LogP contribution in [0.15, 0.2) is 54.6 Å². The maximum Gasteiger partial charge on any atom is 0.227 e. The lowest BCUT2D eigenvalue weighted by molar-refractivity contribution is -0.134.